The summed E-state index contributed by atoms with van der Waals surface area (Å²) in [7, 11) is 0. The quantitative estimate of drug-likeness (QED) is 0.871. The number of halogens is 2. The van der Waals surface area contributed by atoms with Gasteiger partial charge < -0.3 is 5.32 Å². The second kappa shape index (κ2) is 5.84. The van der Waals surface area contributed by atoms with Crippen LogP contribution in [-0.4, -0.2) is 11.0 Å². The Morgan fingerprint density at radius 3 is 2.72 bits per heavy atom. The Balaban J connectivity index is 2.03. The Kier molecular flexibility index (Phi) is 4.17. The molecule has 0 aliphatic rings. The molecule has 2 N–H and O–H groups in total. The summed E-state index contributed by atoms with van der Waals surface area (Å²) in [6.45, 7) is 0. The highest BCUT2D eigenvalue weighted by atomic mass is 79.9. The maximum atomic E-state index is 11.7. The zero-order chi connectivity index (χ0) is 13.0. The molecule has 2 rings (SSSR count). The van der Waals surface area contributed by atoms with Crippen LogP contribution >= 0.6 is 27.5 Å². The van der Waals surface area contributed by atoms with Crippen LogP contribution in [0.25, 0.3) is 0 Å². The lowest BCUT2D eigenvalue weighted by Gasteiger charge is -2.08. The zero-order valence-electron chi connectivity index (χ0n) is 9.15. The molecule has 0 aliphatic heterocycles. The molecule has 0 radical (unpaired) electrons. The lowest BCUT2D eigenvalue weighted by molar-refractivity contribution is 0.262. The van der Waals surface area contributed by atoms with E-state index in [0.29, 0.717) is 16.5 Å². The number of nitrogens with one attached hydrogen (secondary N) is 2. The molecule has 92 valence electrons. The predicted octanol–water partition coefficient (Wildman–Crippen LogP) is 4.14. The Morgan fingerprint density at radius 1 is 1.22 bits per heavy atom. The SMILES string of the molecule is O=C(Nc1cc(Br)ccn1)Nc1ccccc1Cl. The van der Waals surface area contributed by atoms with Crippen LogP contribution < -0.4 is 10.6 Å². The highest BCUT2D eigenvalue weighted by Crippen LogP contribution is 2.20. The average Bonchev–Trinajstić information content (AvgIpc) is 2.32. The number of rotatable bonds is 2. The van der Waals surface area contributed by atoms with Crippen molar-refractivity contribution in [3.05, 3.63) is 52.1 Å². The van der Waals surface area contributed by atoms with Crippen molar-refractivity contribution in [3.8, 4) is 0 Å². The van der Waals surface area contributed by atoms with Crippen molar-refractivity contribution in [1.82, 2.24) is 4.98 Å². The standard InChI is InChI=1S/C12H9BrClN3O/c13-8-5-6-15-11(7-8)17-12(18)16-10-4-2-1-3-9(10)14/h1-7H,(H2,15,16,17,18). The van der Waals surface area contributed by atoms with Crippen LogP contribution in [0.2, 0.25) is 5.02 Å². The number of carbonyl (C=O) groups excluding carboxylic acids is 1. The highest BCUT2D eigenvalue weighted by Gasteiger charge is 2.05. The van der Waals surface area contributed by atoms with Crippen molar-refractivity contribution in [2.24, 2.45) is 0 Å². The smallest absolute Gasteiger partial charge is 0.306 e. The third-order valence-corrected chi connectivity index (χ3v) is 2.91. The molecule has 0 saturated heterocycles. The van der Waals surface area contributed by atoms with Gasteiger partial charge in [-0.3, -0.25) is 5.32 Å². The van der Waals surface area contributed by atoms with Gasteiger partial charge in [0.05, 0.1) is 10.7 Å². The number of nitrogens with zero attached hydrogens (tertiary/aromatic N) is 1. The zero-order valence-corrected chi connectivity index (χ0v) is 11.5. The van der Waals surface area contributed by atoms with Crippen LogP contribution in [0.5, 0.6) is 0 Å². The molecule has 2 amide bonds. The van der Waals surface area contributed by atoms with Crippen molar-refractivity contribution >= 4 is 45.1 Å². The first-order chi connectivity index (χ1) is 8.65. The highest BCUT2D eigenvalue weighted by molar-refractivity contribution is 9.10. The fraction of sp³-hybridized carbons (Fsp3) is 0. The van der Waals surface area contributed by atoms with E-state index in [2.05, 4.69) is 31.5 Å². The van der Waals surface area contributed by atoms with Crippen LogP contribution in [0.1, 0.15) is 0 Å². The number of hydrogen-bond donors (Lipinski definition) is 2. The molecule has 6 heteroatoms. The largest absolute Gasteiger partial charge is 0.324 e. The molecule has 2 aromatic rings. The molecule has 0 saturated carbocycles. The van der Waals surface area contributed by atoms with Crippen LogP contribution in [0.4, 0.5) is 16.3 Å². The van der Waals surface area contributed by atoms with Gasteiger partial charge in [-0.15, -0.1) is 0 Å². The molecule has 0 unspecified atom stereocenters. The first-order valence-corrected chi connectivity index (χ1v) is 6.26. The second-order valence-corrected chi connectivity index (χ2v) is 4.74. The van der Waals surface area contributed by atoms with E-state index < -0.39 is 6.03 Å². The van der Waals surface area contributed by atoms with Crippen LogP contribution in [0.15, 0.2) is 47.1 Å². The number of anilines is 2. The Labute approximate surface area is 118 Å². The summed E-state index contributed by atoms with van der Waals surface area (Å²) in [5.41, 5.74) is 0.548. The third kappa shape index (κ3) is 3.45. The van der Waals surface area contributed by atoms with Crippen LogP contribution in [0, 0.1) is 0 Å². The predicted molar refractivity (Wildman–Crippen MR) is 76.0 cm³/mol. The molecule has 1 heterocycles. The van der Waals surface area contributed by atoms with Gasteiger partial charge in [0.25, 0.3) is 0 Å². The average molecular weight is 327 g/mol. The molecular formula is C12H9BrClN3O. The van der Waals surface area contributed by atoms with Crippen molar-refractivity contribution < 1.29 is 4.79 Å². The Hall–Kier alpha value is -1.59. The van der Waals surface area contributed by atoms with Crippen molar-refractivity contribution in [2.45, 2.75) is 0 Å². The van der Waals surface area contributed by atoms with Crippen molar-refractivity contribution in [1.29, 1.82) is 0 Å². The minimum atomic E-state index is -0.395. The third-order valence-electron chi connectivity index (χ3n) is 2.09. The fourth-order valence-corrected chi connectivity index (χ4v) is 1.82. The first-order valence-electron chi connectivity index (χ1n) is 5.09. The summed E-state index contributed by atoms with van der Waals surface area (Å²) in [6.07, 6.45) is 1.59. The topological polar surface area (TPSA) is 54.0 Å². The Bertz CT molecular complexity index is 577. The van der Waals surface area contributed by atoms with Gasteiger partial charge in [-0.25, -0.2) is 9.78 Å². The number of aromatic nitrogens is 1. The molecule has 4 nitrogen and oxygen atoms in total. The minimum Gasteiger partial charge on any atom is -0.306 e. The van der Waals surface area contributed by atoms with Crippen LogP contribution in [-0.2, 0) is 0 Å². The van der Waals surface area contributed by atoms with Gasteiger partial charge in [-0.1, -0.05) is 39.7 Å². The molecule has 1 aromatic heterocycles. The van der Waals surface area contributed by atoms with E-state index in [1.165, 1.54) is 0 Å². The summed E-state index contributed by atoms with van der Waals surface area (Å²) in [5.74, 6) is 0.453. The Morgan fingerprint density at radius 2 is 2.00 bits per heavy atom. The van der Waals surface area contributed by atoms with E-state index in [-0.39, 0.29) is 0 Å². The van der Waals surface area contributed by atoms with Crippen molar-refractivity contribution in [3.63, 3.8) is 0 Å². The van der Waals surface area contributed by atoms with Gasteiger partial charge in [-0.2, -0.15) is 0 Å². The molecule has 0 spiro atoms. The molecule has 18 heavy (non-hydrogen) atoms. The molecule has 0 bridgehead atoms. The van der Waals surface area contributed by atoms with E-state index in [1.54, 1.807) is 42.6 Å². The molecule has 1 aromatic carbocycles. The molecule has 0 fully saturated rings. The maximum Gasteiger partial charge on any atom is 0.324 e. The summed E-state index contributed by atoms with van der Waals surface area (Å²) >= 11 is 9.23. The number of hydrogen-bond acceptors (Lipinski definition) is 2. The number of amides is 2. The summed E-state index contributed by atoms with van der Waals surface area (Å²) < 4.78 is 0.838. The van der Waals surface area contributed by atoms with Gasteiger partial charge >= 0.3 is 6.03 Å². The number of para-hydroxylation sites is 1. The maximum absolute atomic E-state index is 11.7. The van der Waals surface area contributed by atoms with E-state index in [0.717, 1.165) is 4.47 Å². The molecule has 0 atom stereocenters. The normalized spacial score (nSPS) is 9.89. The van der Waals surface area contributed by atoms with Crippen LogP contribution in [0.3, 0.4) is 0 Å². The van der Waals surface area contributed by atoms with Gasteiger partial charge in [-0.05, 0) is 24.3 Å². The van der Waals surface area contributed by atoms with Gasteiger partial charge in [0.15, 0.2) is 0 Å². The van der Waals surface area contributed by atoms with Crippen molar-refractivity contribution in [2.75, 3.05) is 10.6 Å². The van der Waals surface area contributed by atoms with E-state index in [1.807, 2.05) is 0 Å². The number of urea groups is 1. The minimum absolute atomic E-state index is 0.395. The van der Waals surface area contributed by atoms with Gasteiger partial charge in [0, 0.05) is 10.7 Å². The summed E-state index contributed by atoms with van der Waals surface area (Å²) in [5, 5.41) is 5.73. The molecular weight excluding hydrogens is 318 g/mol. The van der Waals surface area contributed by atoms with E-state index >= 15 is 0 Å². The number of carbonyl (C=O) groups is 1. The summed E-state index contributed by atoms with van der Waals surface area (Å²) in [4.78, 5) is 15.7. The number of pyridine rings is 1. The number of benzene rings is 1. The lowest BCUT2D eigenvalue weighted by Crippen LogP contribution is -2.20. The summed E-state index contributed by atoms with van der Waals surface area (Å²) in [6, 6.07) is 10.1. The van der Waals surface area contributed by atoms with E-state index in [4.69, 9.17) is 11.6 Å². The fourth-order valence-electron chi connectivity index (χ4n) is 1.31. The van der Waals surface area contributed by atoms with Gasteiger partial charge in [0.2, 0.25) is 0 Å². The second-order valence-electron chi connectivity index (χ2n) is 3.42. The van der Waals surface area contributed by atoms with Gasteiger partial charge in [0.1, 0.15) is 5.82 Å². The first kappa shape index (κ1) is 12.9. The monoisotopic (exact) mass is 325 g/mol. The lowest BCUT2D eigenvalue weighted by atomic mass is 10.3. The molecule has 0 aliphatic carbocycles. The van der Waals surface area contributed by atoms with E-state index in [9.17, 15) is 4.79 Å².